The lowest BCUT2D eigenvalue weighted by Gasteiger charge is -2.05. The maximum atomic E-state index is 11.7. The highest BCUT2D eigenvalue weighted by molar-refractivity contribution is 5.97. The molecule has 0 saturated heterocycles. The number of nitrogens with one attached hydrogen (secondary N) is 1. The van der Waals surface area contributed by atoms with Crippen molar-refractivity contribution in [2.45, 2.75) is 20.3 Å². The molecule has 0 atom stereocenters. The predicted octanol–water partition coefficient (Wildman–Crippen LogP) is 2.27. The van der Waals surface area contributed by atoms with Gasteiger partial charge in [0.25, 0.3) is 0 Å². The van der Waals surface area contributed by atoms with Gasteiger partial charge in [0.1, 0.15) is 5.75 Å². The van der Waals surface area contributed by atoms with Crippen LogP contribution in [0.1, 0.15) is 30.6 Å². The molecule has 0 unspecified atom stereocenters. The molecule has 3 heteroatoms. The standard InChI is InChI=1S/C13H19NO2/c1-3-9-14-10-13(15)11-5-7-12(8-6-11)16-4-2/h5-8,14H,3-4,9-10H2,1-2H3. The number of hydrogen-bond donors (Lipinski definition) is 1. The van der Waals surface area contributed by atoms with Gasteiger partial charge in [0, 0.05) is 5.56 Å². The van der Waals surface area contributed by atoms with Crippen LogP contribution in [0.15, 0.2) is 24.3 Å². The van der Waals surface area contributed by atoms with Crippen LogP contribution in [-0.2, 0) is 0 Å². The van der Waals surface area contributed by atoms with Crippen LogP contribution in [0.4, 0.5) is 0 Å². The Morgan fingerprint density at radius 1 is 1.25 bits per heavy atom. The molecule has 1 rings (SSSR count). The zero-order valence-corrected chi connectivity index (χ0v) is 9.95. The monoisotopic (exact) mass is 221 g/mol. The lowest BCUT2D eigenvalue weighted by molar-refractivity contribution is 0.0991. The van der Waals surface area contributed by atoms with Crippen LogP contribution >= 0.6 is 0 Å². The lowest BCUT2D eigenvalue weighted by atomic mass is 10.1. The minimum atomic E-state index is 0.122. The van der Waals surface area contributed by atoms with Gasteiger partial charge in [0.05, 0.1) is 13.2 Å². The first-order valence-electron chi connectivity index (χ1n) is 5.74. The Kier molecular flexibility index (Phi) is 5.57. The first-order valence-corrected chi connectivity index (χ1v) is 5.74. The number of rotatable bonds is 7. The van der Waals surface area contributed by atoms with Gasteiger partial charge < -0.3 is 10.1 Å². The van der Waals surface area contributed by atoms with Crippen molar-refractivity contribution < 1.29 is 9.53 Å². The van der Waals surface area contributed by atoms with Crippen LogP contribution in [-0.4, -0.2) is 25.5 Å². The highest BCUT2D eigenvalue weighted by atomic mass is 16.5. The molecule has 0 heterocycles. The maximum Gasteiger partial charge on any atom is 0.176 e. The molecule has 0 spiro atoms. The first-order chi connectivity index (χ1) is 7.77. The average molecular weight is 221 g/mol. The summed E-state index contributed by atoms with van der Waals surface area (Å²) in [6.45, 7) is 5.94. The minimum Gasteiger partial charge on any atom is -0.494 e. The van der Waals surface area contributed by atoms with Crippen molar-refractivity contribution in [1.82, 2.24) is 5.32 Å². The molecule has 0 aliphatic rings. The highest BCUT2D eigenvalue weighted by Crippen LogP contribution is 2.12. The fraction of sp³-hybridized carbons (Fsp3) is 0.462. The van der Waals surface area contributed by atoms with Crippen LogP contribution in [0, 0.1) is 0 Å². The largest absolute Gasteiger partial charge is 0.494 e. The van der Waals surface area contributed by atoms with Crippen LogP contribution in [0.25, 0.3) is 0 Å². The van der Waals surface area contributed by atoms with E-state index in [0.717, 1.165) is 24.3 Å². The lowest BCUT2D eigenvalue weighted by Crippen LogP contribution is -2.23. The first kappa shape index (κ1) is 12.7. The van der Waals surface area contributed by atoms with Crippen molar-refractivity contribution in [2.75, 3.05) is 19.7 Å². The van der Waals surface area contributed by atoms with Gasteiger partial charge >= 0.3 is 0 Å². The van der Waals surface area contributed by atoms with Crippen molar-refractivity contribution in [3.8, 4) is 5.75 Å². The molecule has 0 amide bonds. The number of carbonyl (C=O) groups is 1. The van der Waals surface area contributed by atoms with E-state index < -0.39 is 0 Å². The third kappa shape index (κ3) is 4.03. The molecular weight excluding hydrogens is 202 g/mol. The molecular formula is C13H19NO2. The summed E-state index contributed by atoms with van der Waals surface area (Å²) in [5.74, 6) is 0.928. The fourth-order valence-corrected chi connectivity index (χ4v) is 1.38. The molecule has 0 fully saturated rings. The second-order valence-electron chi connectivity index (χ2n) is 3.56. The van der Waals surface area contributed by atoms with Gasteiger partial charge in [-0.15, -0.1) is 0 Å². The van der Waals surface area contributed by atoms with Crippen molar-refractivity contribution in [3.05, 3.63) is 29.8 Å². The SMILES string of the molecule is CCCNCC(=O)c1ccc(OCC)cc1. The molecule has 88 valence electrons. The smallest absolute Gasteiger partial charge is 0.176 e. The summed E-state index contributed by atoms with van der Waals surface area (Å²) in [6, 6.07) is 7.27. The zero-order valence-electron chi connectivity index (χ0n) is 9.95. The Balaban J connectivity index is 2.49. The van der Waals surface area contributed by atoms with E-state index in [-0.39, 0.29) is 5.78 Å². The van der Waals surface area contributed by atoms with Crippen LogP contribution in [0.5, 0.6) is 5.75 Å². The molecule has 0 bridgehead atoms. The van der Waals surface area contributed by atoms with E-state index in [1.54, 1.807) is 12.1 Å². The third-order valence-corrected chi connectivity index (χ3v) is 2.20. The molecule has 0 aliphatic carbocycles. The summed E-state index contributed by atoms with van der Waals surface area (Å²) >= 11 is 0. The minimum absolute atomic E-state index is 0.122. The second kappa shape index (κ2) is 7.01. The highest BCUT2D eigenvalue weighted by Gasteiger charge is 2.04. The number of ketones is 1. The molecule has 1 aromatic rings. The molecule has 1 aromatic carbocycles. The maximum absolute atomic E-state index is 11.7. The molecule has 3 nitrogen and oxygen atoms in total. The normalized spacial score (nSPS) is 10.1. The van der Waals surface area contributed by atoms with Crippen molar-refractivity contribution in [3.63, 3.8) is 0 Å². The number of hydrogen-bond acceptors (Lipinski definition) is 3. The summed E-state index contributed by atoms with van der Waals surface area (Å²) in [4.78, 5) is 11.7. The van der Waals surface area contributed by atoms with E-state index in [2.05, 4.69) is 12.2 Å². The van der Waals surface area contributed by atoms with Crippen LogP contribution < -0.4 is 10.1 Å². The van der Waals surface area contributed by atoms with E-state index in [1.807, 2.05) is 19.1 Å². The Morgan fingerprint density at radius 2 is 1.94 bits per heavy atom. The number of benzene rings is 1. The molecule has 16 heavy (non-hydrogen) atoms. The van der Waals surface area contributed by atoms with Gasteiger partial charge in [-0.25, -0.2) is 0 Å². The van der Waals surface area contributed by atoms with Gasteiger partial charge in [-0.05, 0) is 44.2 Å². The number of ether oxygens (including phenoxy) is 1. The van der Waals surface area contributed by atoms with Gasteiger partial charge in [-0.3, -0.25) is 4.79 Å². The quantitative estimate of drug-likeness (QED) is 0.567. The topological polar surface area (TPSA) is 38.3 Å². The van der Waals surface area contributed by atoms with Crippen LogP contribution in [0.3, 0.4) is 0 Å². The van der Waals surface area contributed by atoms with Crippen molar-refractivity contribution in [1.29, 1.82) is 0 Å². The Hall–Kier alpha value is -1.35. The van der Waals surface area contributed by atoms with Crippen LogP contribution in [0.2, 0.25) is 0 Å². The van der Waals surface area contributed by atoms with E-state index in [1.165, 1.54) is 0 Å². The van der Waals surface area contributed by atoms with E-state index >= 15 is 0 Å². The molecule has 0 saturated carbocycles. The van der Waals surface area contributed by atoms with Crippen molar-refractivity contribution in [2.24, 2.45) is 0 Å². The summed E-state index contributed by atoms with van der Waals surface area (Å²) in [6.07, 6.45) is 1.04. The van der Waals surface area contributed by atoms with Gasteiger partial charge in [0.2, 0.25) is 0 Å². The predicted molar refractivity (Wildman–Crippen MR) is 65.1 cm³/mol. The number of Topliss-reactive ketones (excluding diaryl/α,β-unsaturated/α-hetero) is 1. The van der Waals surface area contributed by atoms with E-state index in [9.17, 15) is 4.79 Å². The summed E-state index contributed by atoms with van der Waals surface area (Å²) in [7, 11) is 0. The third-order valence-electron chi connectivity index (χ3n) is 2.20. The Morgan fingerprint density at radius 3 is 2.50 bits per heavy atom. The molecule has 0 radical (unpaired) electrons. The zero-order chi connectivity index (χ0) is 11.8. The van der Waals surface area contributed by atoms with Crippen molar-refractivity contribution >= 4 is 5.78 Å². The molecule has 0 aromatic heterocycles. The van der Waals surface area contributed by atoms with E-state index in [4.69, 9.17) is 4.74 Å². The molecule has 0 aliphatic heterocycles. The van der Waals surface area contributed by atoms with Gasteiger partial charge in [0.15, 0.2) is 5.78 Å². The summed E-state index contributed by atoms with van der Waals surface area (Å²) < 4.78 is 5.31. The molecule has 1 N–H and O–H groups in total. The summed E-state index contributed by atoms with van der Waals surface area (Å²) in [5, 5.41) is 3.09. The fourth-order valence-electron chi connectivity index (χ4n) is 1.38. The van der Waals surface area contributed by atoms with E-state index in [0.29, 0.717) is 13.2 Å². The van der Waals surface area contributed by atoms with Gasteiger partial charge in [-0.1, -0.05) is 6.92 Å². The second-order valence-corrected chi connectivity index (χ2v) is 3.56. The van der Waals surface area contributed by atoms with Gasteiger partial charge in [-0.2, -0.15) is 0 Å². The number of carbonyl (C=O) groups excluding carboxylic acids is 1. The Bertz CT molecular complexity index is 319. The summed E-state index contributed by atoms with van der Waals surface area (Å²) in [5.41, 5.74) is 0.729. The average Bonchev–Trinajstić information content (AvgIpc) is 2.30. The Labute approximate surface area is 96.8 Å².